The first-order valence-electron chi connectivity index (χ1n) is 11.4. The van der Waals surface area contributed by atoms with Crippen LogP contribution in [0.2, 0.25) is 0 Å². The molecule has 170 valence electrons. The fraction of sp³-hybridized carbons (Fsp3) is 0.560. The third kappa shape index (κ3) is 6.42. The van der Waals surface area contributed by atoms with E-state index in [2.05, 4.69) is 45.1 Å². The number of carbonyl (C=O) groups is 1. The van der Waals surface area contributed by atoms with E-state index in [-0.39, 0.29) is 0 Å². The predicted octanol–water partition coefficient (Wildman–Crippen LogP) is 5.46. The van der Waals surface area contributed by atoms with Gasteiger partial charge in [-0.05, 0) is 75.1 Å². The van der Waals surface area contributed by atoms with Gasteiger partial charge in [0.2, 0.25) is 0 Å². The molecule has 0 spiro atoms. The number of carboxylic acid groups (broad SMARTS) is 1. The Morgan fingerprint density at radius 1 is 1.10 bits per heavy atom. The summed E-state index contributed by atoms with van der Waals surface area (Å²) in [6.07, 6.45) is 7.60. The van der Waals surface area contributed by atoms with Crippen LogP contribution in [-0.4, -0.2) is 34.2 Å². The van der Waals surface area contributed by atoms with Crippen LogP contribution >= 0.6 is 0 Å². The van der Waals surface area contributed by atoms with Crippen LogP contribution in [0.15, 0.2) is 12.1 Å². The molecule has 0 fully saturated rings. The van der Waals surface area contributed by atoms with Crippen LogP contribution in [0.5, 0.6) is 5.75 Å². The van der Waals surface area contributed by atoms with Crippen molar-refractivity contribution < 1.29 is 14.6 Å². The normalized spacial score (nSPS) is 13.5. The zero-order valence-electron chi connectivity index (χ0n) is 19.8. The van der Waals surface area contributed by atoms with Crippen molar-refractivity contribution in [1.82, 2.24) is 9.97 Å². The summed E-state index contributed by atoms with van der Waals surface area (Å²) in [5, 5.41) is 11.0. The number of fused-ring (bicyclic) bond motifs is 1. The van der Waals surface area contributed by atoms with Gasteiger partial charge < -0.3 is 15.2 Å². The Morgan fingerprint density at radius 3 is 2.19 bits per heavy atom. The number of nitrogens with zero attached hydrogens (tertiary/aromatic N) is 2. The molecule has 2 aromatic rings. The second kappa shape index (κ2) is 11.7. The minimum Gasteiger partial charge on any atom is -0.496 e. The number of nitrogens with one attached hydrogen (secondary N) is 1. The highest BCUT2D eigenvalue weighted by molar-refractivity contribution is 5.72. The predicted molar refractivity (Wildman–Crippen MR) is 126 cm³/mol. The Labute approximate surface area is 186 Å². The molecule has 0 aliphatic heterocycles. The van der Waals surface area contributed by atoms with Crippen molar-refractivity contribution in [2.75, 3.05) is 12.4 Å². The van der Waals surface area contributed by atoms with Gasteiger partial charge in [-0.1, -0.05) is 20.8 Å². The molecule has 6 nitrogen and oxygen atoms in total. The lowest BCUT2D eigenvalue weighted by Gasteiger charge is -2.21. The highest BCUT2D eigenvalue weighted by Gasteiger charge is 2.20. The number of carboxylic acids is 1. The number of aromatic nitrogens is 2. The molecule has 0 bridgehead atoms. The smallest absolute Gasteiger partial charge is 0.300 e. The molecular formula is C25H37N3O3. The van der Waals surface area contributed by atoms with Crippen LogP contribution in [0.1, 0.15) is 76.4 Å². The van der Waals surface area contributed by atoms with E-state index >= 15 is 0 Å². The Bertz CT molecular complexity index is 892. The van der Waals surface area contributed by atoms with Gasteiger partial charge in [0.05, 0.1) is 24.2 Å². The molecule has 1 heterocycles. The maximum atomic E-state index is 9.00. The molecule has 1 unspecified atom stereocenters. The van der Waals surface area contributed by atoms with Crippen LogP contribution in [-0.2, 0) is 30.5 Å². The fourth-order valence-electron chi connectivity index (χ4n) is 3.78. The van der Waals surface area contributed by atoms with Crippen molar-refractivity contribution in [3.05, 3.63) is 34.6 Å². The number of hydrogen-bond acceptors (Lipinski definition) is 5. The molecule has 0 saturated carbocycles. The Hall–Kier alpha value is -2.63. The maximum Gasteiger partial charge on any atom is 0.300 e. The van der Waals surface area contributed by atoms with E-state index in [4.69, 9.17) is 24.6 Å². The highest BCUT2D eigenvalue weighted by atomic mass is 16.5. The second-order valence-electron chi connectivity index (χ2n) is 8.02. The maximum absolute atomic E-state index is 9.00. The van der Waals surface area contributed by atoms with Crippen molar-refractivity contribution in [3.63, 3.8) is 0 Å². The lowest BCUT2D eigenvalue weighted by Crippen LogP contribution is -2.18. The van der Waals surface area contributed by atoms with E-state index in [1.165, 1.54) is 24.0 Å². The van der Waals surface area contributed by atoms with Crippen LogP contribution in [0.4, 0.5) is 5.82 Å². The molecule has 31 heavy (non-hydrogen) atoms. The van der Waals surface area contributed by atoms with Gasteiger partial charge in [-0.3, -0.25) is 4.79 Å². The lowest BCUT2D eigenvalue weighted by molar-refractivity contribution is -0.134. The number of aryl methyl sites for hydroxylation is 4. The quantitative estimate of drug-likeness (QED) is 0.611. The van der Waals surface area contributed by atoms with Gasteiger partial charge in [-0.2, -0.15) is 0 Å². The molecule has 3 rings (SSSR count). The highest BCUT2D eigenvalue weighted by Crippen LogP contribution is 2.37. The number of ether oxygens (including phenoxy) is 1. The molecule has 1 atom stereocenters. The number of anilines is 1. The Kier molecular flexibility index (Phi) is 9.28. The second-order valence-corrected chi connectivity index (χ2v) is 8.02. The van der Waals surface area contributed by atoms with Crippen LogP contribution in [0.25, 0.3) is 11.3 Å². The molecule has 1 aromatic carbocycles. The molecule has 0 saturated heterocycles. The number of rotatable bonds is 7. The molecular weight excluding hydrogens is 390 g/mol. The van der Waals surface area contributed by atoms with Crippen LogP contribution < -0.4 is 10.1 Å². The molecule has 0 radical (unpaired) electrons. The third-order valence-electron chi connectivity index (χ3n) is 5.62. The van der Waals surface area contributed by atoms with Crippen molar-refractivity contribution in [3.8, 4) is 17.0 Å². The molecule has 1 aliphatic rings. The van der Waals surface area contributed by atoms with Crippen molar-refractivity contribution in [1.29, 1.82) is 0 Å². The van der Waals surface area contributed by atoms with Gasteiger partial charge in [0.1, 0.15) is 11.6 Å². The Morgan fingerprint density at radius 2 is 1.68 bits per heavy atom. The summed E-state index contributed by atoms with van der Waals surface area (Å²) in [7, 11) is 1.76. The van der Waals surface area contributed by atoms with Gasteiger partial charge in [-0.25, -0.2) is 9.97 Å². The molecule has 1 aromatic heterocycles. The van der Waals surface area contributed by atoms with Gasteiger partial charge in [0.15, 0.2) is 0 Å². The van der Waals surface area contributed by atoms with Gasteiger partial charge in [0.25, 0.3) is 5.97 Å². The fourth-order valence-corrected chi connectivity index (χ4v) is 3.78. The minimum absolute atomic E-state index is 0.387. The minimum atomic E-state index is -0.833. The first kappa shape index (κ1) is 24.6. The average Bonchev–Trinajstić information content (AvgIpc) is 2.77. The van der Waals surface area contributed by atoms with Crippen LogP contribution in [0.3, 0.4) is 0 Å². The topological polar surface area (TPSA) is 84.3 Å². The summed E-state index contributed by atoms with van der Waals surface area (Å²) in [5.41, 5.74) is 7.01. The number of hydrogen-bond donors (Lipinski definition) is 2. The van der Waals surface area contributed by atoms with E-state index < -0.39 is 5.97 Å². The van der Waals surface area contributed by atoms with Crippen LogP contribution in [0, 0.1) is 0 Å². The van der Waals surface area contributed by atoms with Crippen molar-refractivity contribution >= 4 is 11.8 Å². The first-order chi connectivity index (χ1) is 14.8. The first-order valence-corrected chi connectivity index (χ1v) is 11.4. The zero-order chi connectivity index (χ0) is 23.0. The van der Waals surface area contributed by atoms with Gasteiger partial charge in [0, 0.05) is 18.5 Å². The zero-order valence-corrected chi connectivity index (χ0v) is 19.8. The van der Waals surface area contributed by atoms with E-state index in [9.17, 15) is 0 Å². The number of aliphatic carboxylic acids is 1. The molecule has 0 amide bonds. The SMILES string of the molecule is CC(=O)O.CCc1nc(-c2cc3c(cc2OC)CCCC3)c(CC)nc1NC(C)CC. The average molecular weight is 428 g/mol. The van der Waals surface area contributed by atoms with Gasteiger partial charge >= 0.3 is 0 Å². The monoisotopic (exact) mass is 427 g/mol. The standard InChI is InChI=1S/C23H33N3O.C2H4O2/c1-6-15(4)24-23-20(8-3)25-22(19(7-2)26-23)18-13-16-11-9-10-12-17(16)14-21(18)27-5;1-2(3)4/h13-15H,6-12H2,1-5H3,(H,24,26);1H3,(H,3,4). The summed E-state index contributed by atoms with van der Waals surface area (Å²) in [6.45, 7) is 9.75. The van der Waals surface area contributed by atoms with E-state index in [1.807, 2.05) is 0 Å². The van der Waals surface area contributed by atoms with E-state index in [0.717, 1.165) is 73.2 Å². The molecule has 2 N–H and O–H groups in total. The summed E-state index contributed by atoms with van der Waals surface area (Å²) in [6, 6.07) is 4.91. The van der Waals surface area contributed by atoms with E-state index in [0.29, 0.717) is 6.04 Å². The lowest BCUT2D eigenvalue weighted by atomic mass is 9.89. The van der Waals surface area contributed by atoms with E-state index in [1.54, 1.807) is 7.11 Å². The summed E-state index contributed by atoms with van der Waals surface area (Å²) in [4.78, 5) is 19.1. The summed E-state index contributed by atoms with van der Waals surface area (Å²) < 4.78 is 5.77. The summed E-state index contributed by atoms with van der Waals surface area (Å²) >= 11 is 0. The number of benzene rings is 1. The number of methoxy groups -OCH3 is 1. The third-order valence-corrected chi connectivity index (χ3v) is 5.62. The Balaban J connectivity index is 0.000000785. The van der Waals surface area contributed by atoms with Crippen molar-refractivity contribution in [2.24, 2.45) is 0 Å². The van der Waals surface area contributed by atoms with Crippen molar-refractivity contribution in [2.45, 2.75) is 85.6 Å². The van der Waals surface area contributed by atoms with Gasteiger partial charge in [-0.15, -0.1) is 0 Å². The molecule has 6 heteroatoms. The summed E-state index contributed by atoms with van der Waals surface area (Å²) in [5.74, 6) is 1.02. The molecule has 1 aliphatic carbocycles. The largest absolute Gasteiger partial charge is 0.496 e.